The topological polar surface area (TPSA) is 20.3 Å². The predicted octanol–water partition coefficient (Wildman–Crippen LogP) is 6.73. The van der Waals surface area contributed by atoms with Crippen molar-refractivity contribution in [1.82, 2.24) is 4.90 Å². The van der Waals surface area contributed by atoms with E-state index in [9.17, 15) is 4.79 Å². The van der Waals surface area contributed by atoms with Crippen LogP contribution in [0.25, 0.3) is 5.57 Å². The zero-order chi connectivity index (χ0) is 19.9. The van der Waals surface area contributed by atoms with E-state index in [-0.39, 0.29) is 18.2 Å². The fourth-order valence-electron chi connectivity index (χ4n) is 4.10. The highest BCUT2D eigenvalue weighted by molar-refractivity contribution is 7.12. The van der Waals surface area contributed by atoms with Gasteiger partial charge in [0.25, 0.3) is 0 Å². The minimum Gasteiger partial charge on any atom is -0.303 e. The van der Waals surface area contributed by atoms with Crippen molar-refractivity contribution in [3.63, 3.8) is 0 Å². The van der Waals surface area contributed by atoms with Crippen LogP contribution in [0.3, 0.4) is 0 Å². The molecule has 1 fully saturated rings. The molecule has 2 heterocycles. The summed E-state index contributed by atoms with van der Waals surface area (Å²) in [6.45, 7) is 3.16. The second-order valence-corrected chi connectivity index (χ2v) is 8.50. The molecule has 156 valence electrons. The van der Waals surface area contributed by atoms with Gasteiger partial charge in [0.05, 0.1) is 4.88 Å². The molecule has 0 saturated carbocycles. The number of hydrogen-bond acceptors (Lipinski definition) is 3. The second kappa shape index (κ2) is 11.3. The fraction of sp³-hybridized carbons (Fsp3) is 0.269. The van der Waals surface area contributed by atoms with Gasteiger partial charge in [0.2, 0.25) is 0 Å². The Balaban J connectivity index is 0.00000256. The van der Waals surface area contributed by atoms with Gasteiger partial charge in [-0.25, -0.2) is 0 Å². The zero-order valence-electron chi connectivity index (χ0n) is 17.1. The average molecular weight is 438 g/mol. The van der Waals surface area contributed by atoms with Gasteiger partial charge >= 0.3 is 0 Å². The Bertz CT molecular complexity index is 900. The molecule has 1 aliphatic heterocycles. The van der Waals surface area contributed by atoms with Gasteiger partial charge in [-0.3, -0.25) is 4.79 Å². The molecular weight excluding hydrogens is 410 g/mol. The Morgan fingerprint density at radius 1 is 0.833 bits per heavy atom. The van der Waals surface area contributed by atoms with Gasteiger partial charge in [-0.1, -0.05) is 72.3 Å². The molecule has 2 aromatic carbocycles. The molecule has 0 N–H and O–H groups in total. The lowest BCUT2D eigenvalue weighted by Gasteiger charge is -2.30. The van der Waals surface area contributed by atoms with Crippen LogP contribution in [0.5, 0.6) is 0 Å². The molecule has 0 bridgehead atoms. The van der Waals surface area contributed by atoms with Gasteiger partial charge in [-0.05, 0) is 54.0 Å². The Morgan fingerprint density at radius 3 is 1.97 bits per heavy atom. The van der Waals surface area contributed by atoms with E-state index < -0.39 is 0 Å². The van der Waals surface area contributed by atoms with Gasteiger partial charge in [0.1, 0.15) is 0 Å². The monoisotopic (exact) mass is 437 g/mol. The largest absolute Gasteiger partial charge is 0.303 e. The Labute approximate surface area is 189 Å². The summed E-state index contributed by atoms with van der Waals surface area (Å²) in [5, 5.41) is 1.97. The third-order valence-corrected chi connectivity index (χ3v) is 6.52. The second-order valence-electron chi connectivity index (χ2n) is 7.56. The van der Waals surface area contributed by atoms with Crippen LogP contribution >= 0.6 is 23.7 Å². The van der Waals surface area contributed by atoms with Gasteiger partial charge < -0.3 is 4.90 Å². The number of thiophene rings is 1. The normalized spacial score (nSPS) is 14.2. The van der Waals surface area contributed by atoms with Crippen LogP contribution in [0.1, 0.15) is 46.5 Å². The molecule has 0 radical (unpaired) electrons. The zero-order valence-corrected chi connectivity index (χ0v) is 18.8. The van der Waals surface area contributed by atoms with Crippen LogP contribution < -0.4 is 0 Å². The Kier molecular flexibility index (Phi) is 8.44. The van der Waals surface area contributed by atoms with Crippen LogP contribution in [0.15, 0.2) is 83.7 Å². The molecule has 4 rings (SSSR count). The maximum absolute atomic E-state index is 12.2. The number of Topliss-reactive ketones (excluding diaryl/α,β-unsaturated/α-hetero) is 1. The molecule has 0 aliphatic carbocycles. The average Bonchev–Trinajstić information content (AvgIpc) is 3.32. The number of carbonyl (C=O) groups excluding carboxylic acids is 1. The summed E-state index contributed by atoms with van der Waals surface area (Å²) >= 11 is 1.55. The molecule has 30 heavy (non-hydrogen) atoms. The minimum atomic E-state index is 0. The van der Waals surface area contributed by atoms with E-state index in [1.807, 2.05) is 17.5 Å². The van der Waals surface area contributed by atoms with Crippen molar-refractivity contribution in [2.75, 3.05) is 19.6 Å². The summed E-state index contributed by atoms with van der Waals surface area (Å²) in [4.78, 5) is 15.6. The van der Waals surface area contributed by atoms with E-state index in [1.54, 1.807) is 16.9 Å². The van der Waals surface area contributed by atoms with Crippen molar-refractivity contribution < 1.29 is 4.79 Å². The van der Waals surface area contributed by atoms with Gasteiger partial charge in [-0.2, -0.15) is 0 Å². The summed E-state index contributed by atoms with van der Waals surface area (Å²) in [7, 11) is 0. The quantitative estimate of drug-likeness (QED) is 0.382. The van der Waals surface area contributed by atoms with E-state index >= 15 is 0 Å². The SMILES string of the molecule is Cl.O=C(CCCN1CCC(=C(c2ccccc2)c2ccccc2)CC1)c1cccs1. The van der Waals surface area contributed by atoms with Crippen molar-refractivity contribution in [3.8, 4) is 0 Å². The maximum atomic E-state index is 12.2. The summed E-state index contributed by atoms with van der Waals surface area (Å²) in [6.07, 6.45) is 3.79. The third kappa shape index (κ3) is 5.69. The van der Waals surface area contributed by atoms with Crippen LogP contribution in [-0.4, -0.2) is 30.3 Å². The number of ketones is 1. The number of carbonyl (C=O) groups is 1. The number of rotatable bonds is 7. The summed E-state index contributed by atoms with van der Waals surface area (Å²) in [5.41, 5.74) is 5.57. The summed E-state index contributed by atoms with van der Waals surface area (Å²) in [5.74, 6) is 0.285. The molecule has 1 saturated heterocycles. The number of likely N-dealkylation sites (tertiary alicyclic amines) is 1. The molecule has 0 atom stereocenters. The van der Waals surface area contributed by atoms with E-state index in [1.165, 1.54) is 16.7 Å². The fourth-order valence-corrected chi connectivity index (χ4v) is 4.80. The Morgan fingerprint density at radius 2 is 1.43 bits per heavy atom. The van der Waals surface area contributed by atoms with E-state index in [4.69, 9.17) is 0 Å². The number of halogens is 1. The molecule has 0 unspecified atom stereocenters. The molecule has 3 aromatic rings. The highest BCUT2D eigenvalue weighted by atomic mass is 35.5. The molecule has 1 aliphatic rings. The first-order valence-electron chi connectivity index (χ1n) is 10.4. The Hall–Kier alpha value is -2.20. The molecule has 2 nitrogen and oxygen atoms in total. The van der Waals surface area contributed by atoms with Crippen LogP contribution in [-0.2, 0) is 0 Å². The van der Waals surface area contributed by atoms with E-state index in [0.29, 0.717) is 6.42 Å². The molecule has 1 aromatic heterocycles. The van der Waals surface area contributed by atoms with Crippen LogP contribution in [0.2, 0.25) is 0 Å². The standard InChI is InChI=1S/C26H27NOS.ClH/c28-24(25-14-8-20-29-25)13-7-17-27-18-15-23(16-19-27)26(21-9-3-1-4-10-21)22-11-5-2-6-12-22;/h1-6,8-12,14,20H,7,13,15-19H2;1H. The van der Waals surface area contributed by atoms with Crippen molar-refractivity contribution in [2.45, 2.75) is 25.7 Å². The number of hydrogen-bond donors (Lipinski definition) is 0. The lowest BCUT2D eigenvalue weighted by Crippen LogP contribution is -2.32. The van der Waals surface area contributed by atoms with E-state index in [0.717, 1.165) is 43.8 Å². The highest BCUT2D eigenvalue weighted by Gasteiger charge is 2.19. The van der Waals surface area contributed by atoms with Gasteiger partial charge in [-0.15, -0.1) is 23.7 Å². The number of nitrogens with zero attached hydrogens (tertiary/aromatic N) is 1. The minimum absolute atomic E-state index is 0. The molecular formula is C26H28ClNOS. The molecule has 0 spiro atoms. The summed E-state index contributed by atoms with van der Waals surface area (Å²) in [6, 6.07) is 25.4. The lowest BCUT2D eigenvalue weighted by atomic mass is 9.88. The predicted molar refractivity (Wildman–Crippen MR) is 130 cm³/mol. The highest BCUT2D eigenvalue weighted by Crippen LogP contribution is 2.32. The van der Waals surface area contributed by atoms with Crippen LogP contribution in [0, 0.1) is 0 Å². The third-order valence-electron chi connectivity index (χ3n) is 5.61. The van der Waals surface area contributed by atoms with E-state index in [2.05, 4.69) is 65.6 Å². The van der Waals surface area contributed by atoms with Gasteiger partial charge in [0, 0.05) is 19.5 Å². The number of benzene rings is 2. The van der Waals surface area contributed by atoms with Crippen molar-refractivity contribution in [2.24, 2.45) is 0 Å². The van der Waals surface area contributed by atoms with Crippen molar-refractivity contribution in [1.29, 1.82) is 0 Å². The number of piperidine rings is 1. The maximum Gasteiger partial charge on any atom is 0.172 e. The first-order chi connectivity index (χ1) is 14.3. The lowest BCUT2D eigenvalue weighted by molar-refractivity contribution is 0.0978. The summed E-state index contributed by atoms with van der Waals surface area (Å²) < 4.78 is 0. The molecule has 4 heteroatoms. The first-order valence-corrected chi connectivity index (χ1v) is 11.3. The first kappa shape index (κ1) is 22.5. The van der Waals surface area contributed by atoms with Crippen molar-refractivity contribution >= 4 is 35.1 Å². The van der Waals surface area contributed by atoms with Crippen LogP contribution in [0.4, 0.5) is 0 Å². The van der Waals surface area contributed by atoms with Gasteiger partial charge in [0.15, 0.2) is 5.78 Å². The molecule has 0 amide bonds. The van der Waals surface area contributed by atoms with Crippen molar-refractivity contribution in [3.05, 3.63) is 99.8 Å². The smallest absolute Gasteiger partial charge is 0.172 e.